The van der Waals surface area contributed by atoms with E-state index in [-0.39, 0.29) is 0 Å². The van der Waals surface area contributed by atoms with Gasteiger partial charge in [-0.3, -0.25) is 0 Å². The normalized spacial score (nSPS) is 11.2. The molecule has 1 heterocycles. The Bertz CT molecular complexity index is 1140. The van der Waals surface area contributed by atoms with Crippen molar-refractivity contribution in [2.45, 2.75) is 12.2 Å². The second-order valence-electron chi connectivity index (χ2n) is 7.94. The zero-order valence-corrected chi connectivity index (χ0v) is 19.9. The fourth-order valence-corrected chi connectivity index (χ4v) is 3.97. The molecule has 0 atom stereocenters. The fraction of sp³-hybridized carbons (Fsp3) is 0.308. The van der Waals surface area contributed by atoms with Gasteiger partial charge in [-0.1, -0.05) is 30.3 Å². The van der Waals surface area contributed by atoms with Crippen molar-refractivity contribution < 1.29 is 13.9 Å². The predicted molar refractivity (Wildman–Crippen MR) is 134 cm³/mol. The molecule has 0 amide bonds. The Labute approximate surface area is 198 Å². The van der Waals surface area contributed by atoms with Crippen molar-refractivity contribution in [1.29, 1.82) is 0 Å². The van der Waals surface area contributed by atoms with E-state index in [4.69, 9.17) is 13.9 Å². The van der Waals surface area contributed by atoms with E-state index in [2.05, 4.69) is 53.5 Å². The monoisotopic (exact) mass is 463 g/mol. The molecule has 0 unspecified atom stereocenters. The number of nitrogens with zero attached hydrogens (tertiary/aromatic N) is 3. The lowest BCUT2D eigenvalue weighted by Crippen LogP contribution is -2.15. The van der Waals surface area contributed by atoms with Crippen molar-refractivity contribution in [2.24, 2.45) is 0 Å². The molecule has 0 aliphatic carbocycles. The highest BCUT2D eigenvalue weighted by Gasteiger charge is 2.09. The van der Waals surface area contributed by atoms with Crippen molar-refractivity contribution in [1.82, 2.24) is 15.1 Å². The molecule has 0 saturated carbocycles. The third kappa shape index (κ3) is 6.97. The van der Waals surface area contributed by atoms with Crippen LogP contribution in [0.5, 0.6) is 11.5 Å². The second kappa shape index (κ2) is 11.7. The van der Waals surface area contributed by atoms with Gasteiger partial charge < -0.3 is 18.8 Å². The second-order valence-corrected chi connectivity index (χ2v) is 9.05. The lowest BCUT2D eigenvalue weighted by atomic mass is 10.1. The van der Waals surface area contributed by atoms with Gasteiger partial charge in [0, 0.05) is 17.9 Å². The molecule has 172 valence electrons. The van der Waals surface area contributed by atoms with Crippen LogP contribution >= 0.6 is 11.8 Å². The smallest absolute Gasteiger partial charge is 0.247 e. The molecule has 7 heteroatoms. The van der Waals surface area contributed by atoms with Crippen molar-refractivity contribution in [2.75, 3.05) is 39.6 Å². The van der Waals surface area contributed by atoms with E-state index in [0.717, 1.165) is 35.8 Å². The summed E-state index contributed by atoms with van der Waals surface area (Å²) in [6, 6.07) is 22.2. The summed E-state index contributed by atoms with van der Waals surface area (Å²) in [5, 5.41) is 10.7. The minimum Gasteiger partial charge on any atom is -0.494 e. The first-order valence-corrected chi connectivity index (χ1v) is 12.2. The standard InChI is InChI=1S/C26H29N3O3S/c1-29(2)14-5-15-30-23-11-9-21(10-12-23)26-28-27-25(32-26)19-33-17-16-31-24-13-8-20-6-3-4-7-22(20)18-24/h3-4,6-13,18H,5,14-17,19H2,1-2H3. The Morgan fingerprint density at radius 2 is 1.61 bits per heavy atom. The molecule has 0 bridgehead atoms. The molecule has 0 aliphatic heterocycles. The maximum absolute atomic E-state index is 5.88. The number of hydrogen-bond acceptors (Lipinski definition) is 7. The van der Waals surface area contributed by atoms with Crippen LogP contribution in [-0.4, -0.2) is 54.7 Å². The Morgan fingerprint density at radius 3 is 2.42 bits per heavy atom. The number of hydrogen-bond donors (Lipinski definition) is 0. The van der Waals surface area contributed by atoms with Gasteiger partial charge in [0.2, 0.25) is 11.8 Å². The lowest BCUT2D eigenvalue weighted by molar-refractivity contribution is 0.281. The van der Waals surface area contributed by atoms with Crippen LogP contribution < -0.4 is 9.47 Å². The van der Waals surface area contributed by atoms with Crippen LogP contribution in [0.25, 0.3) is 22.2 Å². The quantitative estimate of drug-likeness (QED) is 0.256. The van der Waals surface area contributed by atoms with Crippen LogP contribution in [0.4, 0.5) is 0 Å². The first-order valence-electron chi connectivity index (χ1n) is 11.1. The van der Waals surface area contributed by atoms with E-state index in [1.54, 1.807) is 11.8 Å². The maximum Gasteiger partial charge on any atom is 0.247 e. The van der Waals surface area contributed by atoms with E-state index in [0.29, 0.717) is 30.7 Å². The predicted octanol–water partition coefficient (Wildman–Crippen LogP) is 5.53. The zero-order chi connectivity index (χ0) is 22.9. The summed E-state index contributed by atoms with van der Waals surface area (Å²) in [5.74, 6) is 4.37. The highest BCUT2D eigenvalue weighted by atomic mass is 32.2. The largest absolute Gasteiger partial charge is 0.494 e. The topological polar surface area (TPSA) is 60.6 Å². The van der Waals surface area contributed by atoms with E-state index >= 15 is 0 Å². The van der Waals surface area contributed by atoms with Crippen molar-refractivity contribution in [3.63, 3.8) is 0 Å². The first kappa shape index (κ1) is 23.1. The van der Waals surface area contributed by atoms with Gasteiger partial charge in [0.1, 0.15) is 11.5 Å². The van der Waals surface area contributed by atoms with E-state index in [9.17, 15) is 0 Å². The van der Waals surface area contributed by atoms with Crippen LogP contribution in [0.2, 0.25) is 0 Å². The SMILES string of the molecule is CN(C)CCCOc1ccc(-c2nnc(CSCCOc3ccc4ccccc4c3)o2)cc1. The van der Waals surface area contributed by atoms with Gasteiger partial charge in [-0.25, -0.2) is 0 Å². The molecule has 0 aliphatic rings. The number of aromatic nitrogens is 2. The minimum absolute atomic E-state index is 0.525. The molecule has 0 N–H and O–H groups in total. The van der Waals surface area contributed by atoms with Gasteiger partial charge in [0.05, 0.1) is 19.0 Å². The average Bonchev–Trinajstić information content (AvgIpc) is 3.31. The Balaban J connectivity index is 1.18. The van der Waals surface area contributed by atoms with Crippen LogP contribution in [-0.2, 0) is 5.75 Å². The van der Waals surface area contributed by atoms with Gasteiger partial charge in [-0.15, -0.1) is 22.0 Å². The third-order valence-corrected chi connectivity index (χ3v) is 5.94. The van der Waals surface area contributed by atoms with Crippen LogP contribution in [0.1, 0.15) is 12.3 Å². The van der Waals surface area contributed by atoms with Crippen LogP contribution in [0.15, 0.2) is 71.1 Å². The molecule has 1 aromatic heterocycles. The fourth-order valence-electron chi connectivity index (χ4n) is 3.33. The lowest BCUT2D eigenvalue weighted by Gasteiger charge is -2.10. The molecular weight excluding hydrogens is 434 g/mol. The maximum atomic E-state index is 5.88. The molecule has 0 radical (unpaired) electrons. The van der Waals surface area contributed by atoms with E-state index in [1.807, 2.05) is 42.5 Å². The Hall–Kier alpha value is -3.03. The average molecular weight is 464 g/mol. The number of rotatable bonds is 12. The summed E-state index contributed by atoms with van der Waals surface area (Å²) in [4.78, 5) is 2.15. The molecule has 0 saturated heterocycles. The zero-order valence-electron chi connectivity index (χ0n) is 19.1. The molecule has 33 heavy (non-hydrogen) atoms. The Kier molecular flexibility index (Phi) is 8.22. The summed E-state index contributed by atoms with van der Waals surface area (Å²) in [5.41, 5.74) is 0.888. The first-order chi connectivity index (χ1) is 16.2. The number of ether oxygens (including phenoxy) is 2. The summed E-state index contributed by atoms with van der Waals surface area (Å²) >= 11 is 1.71. The molecule has 4 rings (SSSR count). The van der Waals surface area contributed by atoms with Gasteiger partial charge >= 0.3 is 0 Å². The summed E-state index contributed by atoms with van der Waals surface area (Å²) in [6.07, 6.45) is 0.993. The van der Waals surface area contributed by atoms with Crippen molar-refractivity contribution >= 4 is 22.5 Å². The summed E-state index contributed by atoms with van der Waals surface area (Å²) in [6.45, 7) is 2.33. The molecule has 6 nitrogen and oxygen atoms in total. The highest BCUT2D eigenvalue weighted by Crippen LogP contribution is 2.23. The Morgan fingerprint density at radius 1 is 0.848 bits per heavy atom. The van der Waals surface area contributed by atoms with Gasteiger partial charge in [-0.05, 0) is 67.7 Å². The number of benzene rings is 3. The minimum atomic E-state index is 0.525. The highest BCUT2D eigenvalue weighted by molar-refractivity contribution is 7.98. The summed E-state index contributed by atoms with van der Waals surface area (Å²) < 4.78 is 17.5. The van der Waals surface area contributed by atoms with Gasteiger partial charge in [-0.2, -0.15) is 0 Å². The van der Waals surface area contributed by atoms with Crippen LogP contribution in [0, 0.1) is 0 Å². The molecular formula is C26H29N3O3S. The van der Waals surface area contributed by atoms with E-state index < -0.39 is 0 Å². The molecule has 4 aromatic rings. The molecule has 0 spiro atoms. The van der Waals surface area contributed by atoms with Crippen LogP contribution in [0.3, 0.4) is 0 Å². The third-order valence-electron chi connectivity index (χ3n) is 5.03. The molecule has 0 fully saturated rings. The van der Waals surface area contributed by atoms with E-state index in [1.165, 1.54) is 10.8 Å². The number of thioether (sulfide) groups is 1. The van der Waals surface area contributed by atoms with Crippen molar-refractivity contribution in [3.05, 3.63) is 72.6 Å². The molecule has 3 aromatic carbocycles. The van der Waals surface area contributed by atoms with Crippen molar-refractivity contribution in [3.8, 4) is 23.0 Å². The van der Waals surface area contributed by atoms with Gasteiger partial charge in [0.25, 0.3) is 0 Å². The number of fused-ring (bicyclic) bond motifs is 1. The van der Waals surface area contributed by atoms with Gasteiger partial charge in [0.15, 0.2) is 0 Å². The summed E-state index contributed by atoms with van der Waals surface area (Å²) in [7, 11) is 4.12.